The second-order valence-electron chi connectivity index (χ2n) is 2.13. The van der Waals surface area contributed by atoms with Crippen LogP contribution in [-0.2, 0) is 0 Å². The third kappa shape index (κ3) is 6.53. The van der Waals surface area contributed by atoms with Gasteiger partial charge in [0.1, 0.15) is 0 Å². The van der Waals surface area contributed by atoms with Gasteiger partial charge in [-0.1, -0.05) is 19.1 Å². The number of nitriles is 1. The third-order valence-corrected chi connectivity index (χ3v) is 1.03. The van der Waals surface area contributed by atoms with E-state index in [1.807, 2.05) is 26.0 Å². The minimum atomic E-state index is 0.228. The third-order valence-electron chi connectivity index (χ3n) is 1.03. The van der Waals surface area contributed by atoms with E-state index in [0.717, 1.165) is 0 Å². The van der Waals surface area contributed by atoms with E-state index in [2.05, 4.69) is 4.99 Å². The molecule has 58 valence electrons. The number of rotatable bonds is 3. The first-order valence-electron chi connectivity index (χ1n) is 3.52. The molecule has 2 heteroatoms. The minimum Gasteiger partial charge on any atom is -0.269 e. The molecule has 0 heterocycles. The Kier molecular flexibility index (Phi) is 5.92. The van der Waals surface area contributed by atoms with Crippen LogP contribution in [0.1, 0.15) is 13.8 Å². The van der Waals surface area contributed by atoms with Gasteiger partial charge >= 0.3 is 0 Å². The first-order chi connectivity index (χ1) is 5.31. The lowest BCUT2D eigenvalue weighted by atomic mass is 10.2. The van der Waals surface area contributed by atoms with Gasteiger partial charge in [-0.25, -0.2) is 0 Å². The first kappa shape index (κ1) is 9.64. The molecule has 0 bridgehead atoms. The van der Waals surface area contributed by atoms with Gasteiger partial charge in [-0.15, -0.1) is 0 Å². The summed E-state index contributed by atoms with van der Waals surface area (Å²) < 4.78 is 0. The summed E-state index contributed by atoms with van der Waals surface area (Å²) in [5.41, 5.74) is 0. The molecule has 2 nitrogen and oxygen atoms in total. The van der Waals surface area contributed by atoms with E-state index in [1.165, 1.54) is 6.08 Å². The number of allylic oxidation sites excluding steroid dienone is 3. The Hall–Kier alpha value is -1.36. The van der Waals surface area contributed by atoms with Crippen LogP contribution in [-0.4, -0.2) is 6.21 Å². The maximum Gasteiger partial charge on any atom is 0.0908 e. The quantitative estimate of drug-likeness (QED) is 0.447. The smallest absolute Gasteiger partial charge is 0.0908 e. The zero-order valence-electron chi connectivity index (χ0n) is 6.86. The molecule has 0 aliphatic rings. The van der Waals surface area contributed by atoms with Gasteiger partial charge in [0.2, 0.25) is 0 Å². The molecule has 0 saturated carbocycles. The molecule has 0 saturated heterocycles. The summed E-state index contributed by atoms with van der Waals surface area (Å²) in [6, 6.07) is 1.93. The van der Waals surface area contributed by atoms with Crippen LogP contribution in [0.4, 0.5) is 0 Å². The van der Waals surface area contributed by atoms with Crippen molar-refractivity contribution in [1.29, 1.82) is 5.26 Å². The molecule has 0 spiro atoms. The van der Waals surface area contributed by atoms with Crippen LogP contribution >= 0.6 is 0 Å². The van der Waals surface area contributed by atoms with E-state index in [4.69, 9.17) is 5.26 Å². The summed E-state index contributed by atoms with van der Waals surface area (Å²) in [6.07, 6.45) is 8.63. The molecule has 11 heavy (non-hydrogen) atoms. The molecule has 1 unspecified atom stereocenters. The van der Waals surface area contributed by atoms with Gasteiger partial charge in [-0.2, -0.15) is 5.26 Å². The fourth-order valence-electron chi connectivity index (χ4n) is 0.516. The standard InChI is InChI=1S/C9H12N2/c1-3-7-11-8-9(2)5-4-6-10/h3-5,7-9H,1-2H3/b5-4+,7-3-,11-8-. The van der Waals surface area contributed by atoms with Crippen molar-refractivity contribution in [2.45, 2.75) is 13.8 Å². The zero-order chi connectivity index (χ0) is 8.53. The lowest BCUT2D eigenvalue weighted by Gasteiger charge is -1.91. The summed E-state index contributed by atoms with van der Waals surface area (Å²) >= 11 is 0. The summed E-state index contributed by atoms with van der Waals surface area (Å²) in [6.45, 7) is 3.88. The van der Waals surface area contributed by atoms with Crippen molar-refractivity contribution < 1.29 is 0 Å². The van der Waals surface area contributed by atoms with E-state index in [-0.39, 0.29) is 5.92 Å². The van der Waals surface area contributed by atoms with E-state index in [9.17, 15) is 0 Å². The van der Waals surface area contributed by atoms with Gasteiger partial charge in [-0.3, -0.25) is 4.99 Å². The van der Waals surface area contributed by atoms with Crippen molar-refractivity contribution in [3.63, 3.8) is 0 Å². The van der Waals surface area contributed by atoms with E-state index < -0.39 is 0 Å². The average Bonchev–Trinajstić information content (AvgIpc) is 2.01. The van der Waals surface area contributed by atoms with Crippen molar-refractivity contribution in [1.82, 2.24) is 0 Å². The Balaban J connectivity index is 3.79. The fraction of sp³-hybridized carbons (Fsp3) is 0.333. The van der Waals surface area contributed by atoms with Gasteiger partial charge in [0, 0.05) is 24.4 Å². The molecule has 0 aromatic heterocycles. The van der Waals surface area contributed by atoms with Crippen LogP contribution in [0.15, 0.2) is 29.4 Å². The molecule has 0 radical (unpaired) electrons. The van der Waals surface area contributed by atoms with Crippen LogP contribution in [0, 0.1) is 17.2 Å². The van der Waals surface area contributed by atoms with E-state index in [0.29, 0.717) is 0 Å². The Bertz CT molecular complexity index is 206. The van der Waals surface area contributed by atoms with Crippen LogP contribution in [0.5, 0.6) is 0 Å². The number of hydrogen-bond acceptors (Lipinski definition) is 2. The highest BCUT2D eigenvalue weighted by molar-refractivity contribution is 5.63. The van der Waals surface area contributed by atoms with Gasteiger partial charge < -0.3 is 0 Å². The van der Waals surface area contributed by atoms with E-state index in [1.54, 1.807) is 18.5 Å². The summed E-state index contributed by atoms with van der Waals surface area (Å²) in [5.74, 6) is 0.228. The van der Waals surface area contributed by atoms with Crippen molar-refractivity contribution in [3.8, 4) is 6.07 Å². The number of nitrogens with zero attached hydrogens (tertiary/aromatic N) is 2. The van der Waals surface area contributed by atoms with Crippen molar-refractivity contribution in [2.75, 3.05) is 0 Å². The first-order valence-corrected chi connectivity index (χ1v) is 3.52. The average molecular weight is 148 g/mol. The van der Waals surface area contributed by atoms with Gasteiger partial charge in [0.25, 0.3) is 0 Å². The number of hydrogen-bond donors (Lipinski definition) is 0. The highest BCUT2D eigenvalue weighted by atomic mass is 14.7. The van der Waals surface area contributed by atoms with Crippen molar-refractivity contribution in [3.05, 3.63) is 24.4 Å². The molecule has 0 amide bonds. The van der Waals surface area contributed by atoms with E-state index >= 15 is 0 Å². The predicted octanol–water partition coefficient (Wildman–Crippen LogP) is 2.31. The van der Waals surface area contributed by atoms with Crippen LogP contribution in [0.3, 0.4) is 0 Å². The highest BCUT2D eigenvalue weighted by Crippen LogP contribution is 1.92. The molecule has 0 aromatic carbocycles. The summed E-state index contributed by atoms with van der Waals surface area (Å²) in [4.78, 5) is 3.98. The lowest BCUT2D eigenvalue weighted by molar-refractivity contribution is 1.02. The molecule has 0 aromatic rings. The normalized spacial score (nSPS) is 14.6. The monoisotopic (exact) mass is 148 g/mol. The van der Waals surface area contributed by atoms with Crippen LogP contribution in [0.25, 0.3) is 0 Å². The van der Waals surface area contributed by atoms with Crippen LogP contribution < -0.4 is 0 Å². The fourth-order valence-corrected chi connectivity index (χ4v) is 0.516. The SMILES string of the molecule is C/C=C\N=C/C(C)/C=C/C#N. The molecular formula is C9H12N2. The second kappa shape index (κ2) is 6.76. The zero-order valence-corrected chi connectivity index (χ0v) is 6.86. The molecule has 0 N–H and O–H groups in total. The van der Waals surface area contributed by atoms with Gasteiger partial charge in [0.15, 0.2) is 0 Å². The Morgan fingerprint density at radius 3 is 2.82 bits per heavy atom. The lowest BCUT2D eigenvalue weighted by Crippen LogP contribution is -1.88. The maximum atomic E-state index is 8.19. The Labute approximate surface area is 67.6 Å². The molecule has 1 atom stereocenters. The highest BCUT2D eigenvalue weighted by Gasteiger charge is 1.86. The Morgan fingerprint density at radius 1 is 1.55 bits per heavy atom. The molecule has 0 aliphatic heterocycles. The molecule has 0 rings (SSSR count). The van der Waals surface area contributed by atoms with Crippen molar-refractivity contribution >= 4 is 6.21 Å². The van der Waals surface area contributed by atoms with Crippen molar-refractivity contribution in [2.24, 2.45) is 10.9 Å². The minimum absolute atomic E-state index is 0.228. The summed E-state index contributed by atoms with van der Waals surface area (Å²) in [5, 5.41) is 8.19. The molecule has 0 aliphatic carbocycles. The van der Waals surface area contributed by atoms with Gasteiger partial charge in [0.05, 0.1) is 6.07 Å². The molecular weight excluding hydrogens is 136 g/mol. The topological polar surface area (TPSA) is 36.1 Å². The number of aliphatic imine (C=N–C) groups is 1. The predicted molar refractivity (Wildman–Crippen MR) is 47.2 cm³/mol. The maximum absolute atomic E-state index is 8.19. The molecule has 0 fully saturated rings. The Morgan fingerprint density at radius 2 is 2.27 bits per heavy atom. The second-order valence-corrected chi connectivity index (χ2v) is 2.13. The summed E-state index contributed by atoms with van der Waals surface area (Å²) in [7, 11) is 0. The van der Waals surface area contributed by atoms with Crippen LogP contribution in [0.2, 0.25) is 0 Å². The van der Waals surface area contributed by atoms with Gasteiger partial charge in [-0.05, 0) is 6.92 Å². The largest absolute Gasteiger partial charge is 0.269 e.